The third kappa shape index (κ3) is 2.65. The van der Waals surface area contributed by atoms with Crippen LogP contribution < -0.4 is 0 Å². The molecule has 2 unspecified atom stereocenters. The largest absolute Gasteiger partial charge is 0.392 e. The molecule has 7 rings (SSSR count). The highest BCUT2D eigenvalue weighted by Gasteiger charge is 2.67. The van der Waals surface area contributed by atoms with Gasteiger partial charge in [-0.3, -0.25) is 9.59 Å². The first-order chi connectivity index (χ1) is 16.4. The van der Waals surface area contributed by atoms with Gasteiger partial charge in [0.1, 0.15) is 11.6 Å². The second kappa shape index (κ2) is 7.43. The molecular weight excluding hydrogens is 432 g/mol. The molecule has 2 aromatic rings. The number of ketones is 2. The van der Waals surface area contributed by atoms with Crippen LogP contribution in [0.2, 0.25) is 0 Å². The maximum atomic E-state index is 14.1. The highest BCUT2D eigenvalue weighted by atomic mass is 16.3. The number of fused-ring (bicyclic) bond motifs is 2. The fourth-order valence-corrected chi connectivity index (χ4v) is 7.30. The van der Waals surface area contributed by atoms with Gasteiger partial charge in [-0.25, -0.2) is 0 Å². The van der Waals surface area contributed by atoms with Crippen molar-refractivity contribution in [3.63, 3.8) is 0 Å². The third-order valence-electron chi connectivity index (χ3n) is 8.98. The number of rotatable bonds is 4. The summed E-state index contributed by atoms with van der Waals surface area (Å²) in [7, 11) is 0. The van der Waals surface area contributed by atoms with Crippen LogP contribution in [0.3, 0.4) is 0 Å². The Balaban J connectivity index is 1.38. The molecule has 0 aliphatic heterocycles. The molecule has 5 aliphatic carbocycles. The van der Waals surface area contributed by atoms with Crippen LogP contribution in [0.5, 0.6) is 0 Å². The molecule has 2 bridgehead atoms. The number of carbonyl (C=O) groups is 2. The van der Waals surface area contributed by atoms with E-state index in [1.807, 2.05) is 36.4 Å². The first kappa shape index (κ1) is 21.9. The minimum absolute atomic E-state index is 0.115. The molecular formula is C28H28O6. The predicted octanol–water partition coefficient (Wildman–Crippen LogP) is 1.48. The van der Waals surface area contributed by atoms with E-state index in [1.165, 1.54) is 0 Å². The third-order valence-corrected chi connectivity index (χ3v) is 8.98. The van der Waals surface area contributed by atoms with Crippen molar-refractivity contribution in [2.24, 2.45) is 22.7 Å². The number of benzene rings is 2. The molecule has 2 atom stereocenters. The first-order valence-corrected chi connectivity index (χ1v) is 11.9. The van der Waals surface area contributed by atoms with Crippen molar-refractivity contribution in [1.29, 1.82) is 0 Å². The molecule has 2 spiro atoms. The number of aliphatic hydroxyl groups is 4. The van der Waals surface area contributed by atoms with Crippen molar-refractivity contribution in [2.45, 2.75) is 52.1 Å². The Kier molecular flexibility index (Phi) is 4.78. The summed E-state index contributed by atoms with van der Waals surface area (Å²) in [4.78, 5) is 28.2. The highest BCUT2D eigenvalue weighted by Crippen LogP contribution is 2.61. The predicted molar refractivity (Wildman–Crippen MR) is 122 cm³/mol. The van der Waals surface area contributed by atoms with Gasteiger partial charge in [0, 0.05) is 11.8 Å². The van der Waals surface area contributed by atoms with E-state index < -0.39 is 22.7 Å². The molecule has 0 aromatic heterocycles. The average Bonchev–Trinajstić information content (AvgIpc) is 3.41. The fourth-order valence-electron chi connectivity index (χ4n) is 7.30. The molecule has 4 N–H and O–H groups in total. The Morgan fingerprint density at radius 3 is 1.06 bits per heavy atom. The maximum absolute atomic E-state index is 14.1. The van der Waals surface area contributed by atoms with Crippen LogP contribution in [0.4, 0.5) is 0 Å². The van der Waals surface area contributed by atoms with E-state index in [4.69, 9.17) is 0 Å². The van der Waals surface area contributed by atoms with Crippen LogP contribution in [-0.4, -0.2) is 32.0 Å². The second-order valence-electron chi connectivity index (χ2n) is 10.5. The fraction of sp³-hybridized carbons (Fsp3) is 0.429. The normalized spacial score (nSPS) is 24.9. The summed E-state index contributed by atoms with van der Waals surface area (Å²) in [5.41, 5.74) is 4.97. The molecule has 0 radical (unpaired) electrons. The van der Waals surface area contributed by atoms with E-state index in [-0.39, 0.29) is 38.0 Å². The van der Waals surface area contributed by atoms with E-state index in [0.29, 0.717) is 47.9 Å². The Morgan fingerprint density at radius 1 is 0.559 bits per heavy atom. The molecule has 176 valence electrons. The standard InChI is InChI=1S/C28H28O6/c29-11-19-3-15-7-27(8-16(15)4-20(19)12-30)23-1-2-24(26(27)34)28(25(23)33)9-17-5-21(13-31)22(14-32)6-18(17)10-28/h1-6,23-24,29-32H,7-14H2. The van der Waals surface area contributed by atoms with Gasteiger partial charge in [-0.05, 0) is 70.2 Å². The van der Waals surface area contributed by atoms with E-state index >= 15 is 0 Å². The van der Waals surface area contributed by atoms with Gasteiger partial charge in [0.05, 0.1) is 37.3 Å². The summed E-state index contributed by atoms with van der Waals surface area (Å²) in [6.45, 7) is -0.714. The SMILES string of the molecule is O=C1C2C=CC(C(=O)C23Cc2cc(CO)c(CO)cc2C3)C12Cc1cc(CO)c(CO)cc1C2. The summed E-state index contributed by atoms with van der Waals surface area (Å²) in [5.74, 6) is -0.776. The molecule has 34 heavy (non-hydrogen) atoms. The highest BCUT2D eigenvalue weighted by molar-refractivity contribution is 6.08. The van der Waals surface area contributed by atoms with E-state index in [9.17, 15) is 30.0 Å². The van der Waals surface area contributed by atoms with Crippen LogP contribution in [-0.2, 0) is 61.7 Å². The zero-order valence-corrected chi connectivity index (χ0v) is 18.9. The minimum Gasteiger partial charge on any atom is -0.392 e. The van der Waals surface area contributed by atoms with Crippen LogP contribution in [0.25, 0.3) is 0 Å². The summed E-state index contributed by atoms with van der Waals surface area (Å²) in [6.07, 6.45) is 5.78. The molecule has 5 aliphatic rings. The van der Waals surface area contributed by atoms with Gasteiger partial charge < -0.3 is 20.4 Å². The average molecular weight is 461 g/mol. The minimum atomic E-state index is -0.799. The smallest absolute Gasteiger partial charge is 0.148 e. The zero-order chi connectivity index (χ0) is 23.8. The molecule has 1 fully saturated rings. The number of Topliss-reactive ketones (excluding diaryl/α,β-unsaturated/α-hetero) is 2. The molecule has 1 saturated carbocycles. The summed E-state index contributed by atoms with van der Waals surface area (Å²) < 4.78 is 0. The van der Waals surface area contributed by atoms with Crippen LogP contribution >= 0.6 is 0 Å². The van der Waals surface area contributed by atoms with Crippen LogP contribution in [0, 0.1) is 22.7 Å². The number of hydrogen-bond acceptors (Lipinski definition) is 6. The molecule has 0 saturated heterocycles. The lowest BCUT2D eigenvalue weighted by Gasteiger charge is -2.52. The molecule has 6 heteroatoms. The summed E-state index contributed by atoms with van der Waals surface area (Å²) in [6, 6.07) is 7.53. The Bertz CT molecular complexity index is 1110. The van der Waals surface area contributed by atoms with Crippen molar-refractivity contribution in [3.8, 4) is 0 Å². The summed E-state index contributed by atoms with van der Waals surface area (Å²) >= 11 is 0. The lowest BCUT2D eigenvalue weighted by atomic mass is 9.47. The lowest BCUT2D eigenvalue weighted by Crippen LogP contribution is -2.62. The Hall–Kier alpha value is -2.64. The van der Waals surface area contributed by atoms with Crippen molar-refractivity contribution in [3.05, 3.63) is 80.9 Å². The van der Waals surface area contributed by atoms with E-state index in [2.05, 4.69) is 0 Å². The van der Waals surface area contributed by atoms with Gasteiger partial charge in [0.15, 0.2) is 0 Å². The van der Waals surface area contributed by atoms with E-state index in [0.717, 1.165) is 22.3 Å². The molecule has 0 amide bonds. The van der Waals surface area contributed by atoms with Crippen LogP contribution in [0.15, 0.2) is 36.4 Å². The van der Waals surface area contributed by atoms with Gasteiger partial charge >= 0.3 is 0 Å². The van der Waals surface area contributed by atoms with Crippen LogP contribution in [0.1, 0.15) is 44.5 Å². The quantitative estimate of drug-likeness (QED) is 0.514. The summed E-state index contributed by atoms with van der Waals surface area (Å²) in [5, 5.41) is 38.8. The topological polar surface area (TPSA) is 115 Å². The Labute approximate surface area is 197 Å². The molecule has 0 heterocycles. The van der Waals surface area contributed by atoms with Gasteiger partial charge in [0.25, 0.3) is 0 Å². The monoisotopic (exact) mass is 460 g/mol. The van der Waals surface area contributed by atoms with E-state index in [1.54, 1.807) is 0 Å². The van der Waals surface area contributed by atoms with Crippen molar-refractivity contribution >= 4 is 11.6 Å². The van der Waals surface area contributed by atoms with Crippen molar-refractivity contribution in [2.75, 3.05) is 0 Å². The number of aliphatic hydroxyl groups excluding tert-OH is 4. The molecule has 2 aromatic carbocycles. The lowest BCUT2D eigenvalue weighted by molar-refractivity contribution is -0.159. The Morgan fingerprint density at radius 2 is 0.824 bits per heavy atom. The number of allylic oxidation sites excluding steroid dienone is 2. The molecule has 6 nitrogen and oxygen atoms in total. The van der Waals surface area contributed by atoms with Gasteiger partial charge in [-0.2, -0.15) is 0 Å². The van der Waals surface area contributed by atoms with Gasteiger partial charge in [-0.15, -0.1) is 0 Å². The second-order valence-corrected chi connectivity index (χ2v) is 10.5. The number of hydrogen-bond donors (Lipinski definition) is 4. The number of carbonyl (C=O) groups excluding carboxylic acids is 2. The first-order valence-electron chi connectivity index (χ1n) is 11.9. The van der Waals surface area contributed by atoms with Gasteiger partial charge in [-0.1, -0.05) is 36.4 Å². The van der Waals surface area contributed by atoms with Crippen molar-refractivity contribution < 1.29 is 30.0 Å². The van der Waals surface area contributed by atoms with Gasteiger partial charge in [0.2, 0.25) is 0 Å². The maximum Gasteiger partial charge on any atom is 0.148 e. The van der Waals surface area contributed by atoms with Crippen molar-refractivity contribution in [1.82, 2.24) is 0 Å². The zero-order valence-electron chi connectivity index (χ0n) is 18.9.